The summed E-state index contributed by atoms with van der Waals surface area (Å²) in [6.45, 7) is 1.92. The van der Waals surface area contributed by atoms with Crippen LogP contribution in [0.1, 0.15) is 29.7 Å². The predicted molar refractivity (Wildman–Crippen MR) is 138 cm³/mol. The largest absolute Gasteiger partial charge is 0.500 e. The number of nitrogens with one attached hydrogen (secondary N) is 2. The second-order valence-electron chi connectivity index (χ2n) is 8.29. The van der Waals surface area contributed by atoms with Gasteiger partial charge < -0.3 is 20.5 Å². The number of nitro groups is 1. The number of phenolic OH excluding ortho intramolecular Hbond substituents is 1. The average Bonchev–Trinajstić information content (AvgIpc) is 2.89. The number of benzene rings is 4. The summed E-state index contributed by atoms with van der Waals surface area (Å²) in [5.74, 6) is -0.570. The lowest BCUT2D eigenvalue weighted by Gasteiger charge is -2.31. The number of carbonyl (C=O) groups is 1. The Balaban J connectivity index is 1.81. The third-order valence-electron chi connectivity index (χ3n) is 6.12. The molecule has 0 spiro atoms. The van der Waals surface area contributed by atoms with Crippen molar-refractivity contribution in [2.24, 2.45) is 0 Å². The van der Waals surface area contributed by atoms with Crippen molar-refractivity contribution in [2.75, 3.05) is 6.61 Å². The van der Waals surface area contributed by atoms with Crippen molar-refractivity contribution in [2.45, 2.75) is 13.0 Å². The normalized spacial score (nSPS) is 15.4. The number of nitrogens with zero attached hydrogens (tertiary/aromatic N) is 1. The van der Waals surface area contributed by atoms with Gasteiger partial charge in [-0.1, -0.05) is 72.8 Å². The molecule has 0 saturated heterocycles. The number of fused-ring (bicyclic) bond motifs is 1. The Bertz CT molecular complexity index is 1510. The Hall–Kier alpha value is -4.85. The van der Waals surface area contributed by atoms with Crippen molar-refractivity contribution in [3.8, 4) is 11.5 Å². The number of aromatic hydroxyl groups is 1. The molecule has 8 heteroatoms. The highest BCUT2D eigenvalue weighted by Crippen LogP contribution is 2.44. The molecule has 0 radical (unpaired) electrons. The lowest BCUT2D eigenvalue weighted by Crippen LogP contribution is -2.43. The quantitative estimate of drug-likeness (QED) is 0.239. The Morgan fingerprint density at radius 2 is 1.72 bits per heavy atom. The average molecular weight is 482 g/mol. The number of amides is 2. The van der Waals surface area contributed by atoms with Crippen molar-refractivity contribution >= 4 is 33.8 Å². The van der Waals surface area contributed by atoms with Gasteiger partial charge in [0.1, 0.15) is 0 Å². The molecule has 0 bridgehead atoms. The van der Waals surface area contributed by atoms with E-state index in [2.05, 4.69) is 10.6 Å². The van der Waals surface area contributed by atoms with Gasteiger partial charge in [-0.25, -0.2) is 4.79 Å². The molecule has 36 heavy (non-hydrogen) atoms. The Labute approximate surface area is 207 Å². The van der Waals surface area contributed by atoms with Crippen LogP contribution in [0.15, 0.2) is 84.9 Å². The Morgan fingerprint density at radius 1 is 1.00 bits per heavy atom. The molecule has 1 aliphatic rings. The van der Waals surface area contributed by atoms with Gasteiger partial charge in [-0.2, -0.15) is 0 Å². The summed E-state index contributed by atoms with van der Waals surface area (Å²) >= 11 is 0. The highest BCUT2D eigenvalue weighted by molar-refractivity contribution is 6.08. The minimum Gasteiger partial charge on any atom is -0.500 e. The van der Waals surface area contributed by atoms with Crippen LogP contribution in [-0.4, -0.2) is 22.7 Å². The highest BCUT2D eigenvalue weighted by Gasteiger charge is 2.33. The van der Waals surface area contributed by atoms with Crippen molar-refractivity contribution < 1.29 is 19.6 Å². The molecular weight excluding hydrogens is 458 g/mol. The van der Waals surface area contributed by atoms with Gasteiger partial charge in [-0.3, -0.25) is 10.1 Å². The van der Waals surface area contributed by atoms with Gasteiger partial charge in [0.05, 0.1) is 23.3 Å². The molecule has 180 valence electrons. The minimum absolute atomic E-state index is 0.0198. The maximum Gasteiger partial charge on any atom is 0.320 e. The third kappa shape index (κ3) is 4.09. The SMILES string of the molecule is CCOc1cc(C2NC(=O)NC(c3cccc4ccccc34)=C2c2ccccc2)cc([N+](=O)[O-])c1O. The van der Waals surface area contributed by atoms with E-state index in [1.807, 2.05) is 72.8 Å². The summed E-state index contributed by atoms with van der Waals surface area (Å²) in [4.78, 5) is 24.0. The lowest BCUT2D eigenvalue weighted by atomic mass is 9.86. The van der Waals surface area contributed by atoms with Crippen LogP contribution in [0.5, 0.6) is 11.5 Å². The summed E-state index contributed by atoms with van der Waals surface area (Å²) < 4.78 is 5.50. The molecule has 0 aromatic heterocycles. The topological polar surface area (TPSA) is 114 Å². The molecule has 8 nitrogen and oxygen atoms in total. The molecule has 1 atom stereocenters. The summed E-state index contributed by atoms with van der Waals surface area (Å²) in [5, 5.41) is 30.0. The zero-order valence-electron chi connectivity index (χ0n) is 19.4. The van der Waals surface area contributed by atoms with Gasteiger partial charge in [0.2, 0.25) is 5.75 Å². The van der Waals surface area contributed by atoms with Crippen LogP contribution in [0.3, 0.4) is 0 Å². The van der Waals surface area contributed by atoms with Crippen molar-refractivity contribution in [1.82, 2.24) is 10.6 Å². The molecule has 5 rings (SSSR count). The van der Waals surface area contributed by atoms with Crippen LogP contribution in [0.25, 0.3) is 22.0 Å². The molecule has 0 aliphatic carbocycles. The standard InChI is InChI=1S/C28H23N3O5/c1-2-36-23-16-19(15-22(27(23)32)31(34)35)25-24(18-10-4-3-5-11-18)26(30-28(33)29-25)21-14-8-12-17-9-6-7-13-20(17)21/h3-16,25,32H,2H2,1H3,(H2,29,30,33). The van der Waals surface area contributed by atoms with Crippen LogP contribution in [0.4, 0.5) is 10.5 Å². The van der Waals surface area contributed by atoms with Gasteiger partial charge >= 0.3 is 11.7 Å². The zero-order valence-corrected chi connectivity index (χ0v) is 19.4. The Morgan fingerprint density at radius 3 is 2.47 bits per heavy atom. The van der Waals surface area contributed by atoms with E-state index in [0.29, 0.717) is 11.3 Å². The second-order valence-corrected chi connectivity index (χ2v) is 8.29. The third-order valence-corrected chi connectivity index (χ3v) is 6.12. The van der Waals surface area contributed by atoms with E-state index in [9.17, 15) is 20.0 Å². The predicted octanol–water partition coefficient (Wildman–Crippen LogP) is 5.77. The fraction of sp³-hybridized carbons (Fsp3) is 0.107. The molecule has 0 fully saturated rings. The van der Waals surface area contributed by atoms with Crippen LogP contribution >= 0.6 is 0 Å². The molecule has 1 unspecified atom stereocenters. The van der Waals surface area contributed by atoms with E-state index < -0.39 is 28.4 Å². The Kier molecular flexibility index (Phi) is 6.00. The smallest absolute Gasteiger partial charge is 0.320 e. The number of rotatable bonds is 6. The number of carbonyl (C=O) groups excluding carboxylic acids is 1. The van der Waals surface area contributed by atoms with E-state index in [1.54, 1.807) is 6.92 Å². The summed E-state index contributed by atoms with van der Waals surface area (Å²) in [7, 11) is 0. The van der Waals surface area contributed by atoms with Crippen LogP contribution in [0, 0.1) is 10.1 Å². The first-order valence-corrected chi connectivity index (χ1v) is 11.5. The minimum atomic E-state index is -0.756. The molecule has 3 N–H and O–H groups in total. The number of urea groups is 1. The van der Waals surface area contributed by atoms with Gasteiger partial charge in [-0.05, 0) is 34.9 Å². The van der Waals surface area contributed by atoms with E-state index in [4.69, 9.17) is 4.74 Å². The second kappa shape index (κ2) is 9.42. The maximum absolute atomic E-state index is 13.0. The monoisotopic (exact) mass is 481 g/mol. The lowest BCUT2D eigenvalue weighted by molar-refractivity contribution is -0.386. The van der Waals surface area contributed by atoms with Crippen LogP contribution in [0.2, 0.25) is 0 Å². The number of hydrogen-bond donors (Lipinski definition) is 3. The molecular formula is C28H23N3O5. The van der Waals surface area contributed by atoms with Gasteiger partial charge in [0, 0.05) is 17.2 Å². The number of ether oxygens (including phenoxy) is 1. The van der Waals surface area contributed by atoms with Gasteiger partial charge in [0.15, 0.2) is 5.75 Å². The van der Waals surface area contributed by atoms with Gasteiger partial charge in [-0.15, -0.1) is 0 Å². The molecule has 1 aliphatic heterocycles. The zero-order chi connectivity index (χ0) is 25.2. The number of nitro benzene ring substituents is 1. The number of phenols is 1. The molecule has 1 heterocycles. The first-order valence-electron chi connectivity index (χ1n) is 11.5. The maximum atomic E-state index is 13.0. The summed E-state index contributed by atoms with van der Waals surface area (Å²) in [6, 6.07) is 24.9. The van der Waals surface area contributed by atoms with Crippen LogP contribution in [-0.2, 0) is 0 Å². The fourth-order valence-corrected chi connectivity index (χ4v) is 4.58. The molecule has 0 saturated carbocycles. The first-order chi connectivity index (χ1) is 17.5. The summed E-state index contributed by atoms with van der Waals surface area (Å²) in [6.07, 6.45) is 0. The van der Waals surface area contributed by atoms with Crippen molar-refractivity contribution in [1.29, 1.82) is 0 Å². The molecule has 4 aromatic carbocycles. The summed E-state index contributed by atoms with van der Waals surface area (Å²) in [5.41, 5.74) is 2.89. The first kappa shape index (κ1) is 22.9. The van der Waals surface area contributed by atoms with Crippen LogP contribution < -0.4 is 15.4 Å². The molecule has 4 aromatic rings. The van der Waals surface area contributed by atoms with Crippen molar-refractivity contribution in [3.05, 3.63) is 112 Å². The van der Waals surface area contributed by atoms with Gasteiger partial charge in [0.25, 0.3) is 0 Å². The van der Waals surface area contributed by atoms with E-state index in [0.717, 1.165) is 27.5 Å². The fourth-order valence-electron chi connectivity index (χ4n) is 4.58. The van der Waals surface area contributed by atoms with E-state index >= 15 is 0 Å². The number of hydrogen-bond acceptors (Lipinski definition) is 5. The highest BCUT2D eigenvalue weighted by atomic mass is 16.6. The van der Waals surface area contributed by atoms with E-state index in [-0.39, 0.29) is 12.4 Å². The molecule has 2 amide bonds. The van der Waals surface area contributed by atoms with Crippen molar-refractivity contribution in [3.63, 3.8) is 0 Å². The van der Waals surface area contributed by atoms with E-state index in [1.165, 1.54) is 12.1 Å².